The van der Waals surface area contributed by atoms with Gasteiger partial charge in [0.25, 0.3) is 16.0 Å². The topological polar surface area (TPSA) is 213 Å². The molecule has 13 nitrogen and oxygen atoms in total. The Kier molecular flexibility index (Phi) is 7.58. The van der Waals surface area contributed by atoms with Crippen molar-refractivity contribution in [3.63, 3.8) is 0 Å². The first kappa shape index (κ1) is 26.4. The van der Waals surface area contributed by atoms with Crippen LogP contribution in [-0.2, 0) is 30.3 Å². The quantitative estimate of drug-likeness (QED) is 0.154. The molecule has 4 rings (SSSR count). The third kappa shape index (κ3) is 5.65. The third-order valence-electron chi connectivity index (χ3n) is 5.21. The van der Waals surface area contributed by atoms with Crippen molar-refractivity contribution >= 4 is 62.8 Å². The number of nitrogens with zero attached hydrogens (tertiary/aromatic N) is 3. The molecule has 0 bridgehead atoms. The highest BCUT2D eigenvalue weighted by Crippen LogP contribution is 2.42. The first-order valence-corrected chi connectivity index (χ1v) is 14.6. The van der Waals surface area contributed by atoms with Gasteiger partial charge in [0.1, 0.15) is 39.7 Å². The van der Waals surface area contributed by atoms with E-state index in [9.17, 15) is 33.0 Å². The number of thioether (sulfide) groups is 2. The van der Waals surface area contributed by atoms with E-state index in [0.29, 0.717) is 15.5 Å². The van der Waals surface area contributed by atoms with Crippen LogP contribution in [0.25, 0.3) is 0 Å². The van der Waals surface area contributed by atoms with Crippen molar-refractivity contribution in [2.45, 2.75) is 27.6 Å². The Balaban J connectivity index is 1.42. The minimum absolute atomic E-state index is 0.0152. The molecule has 1 aromatic heterocycles. The van der Waals surface area contributed by atoms with Gasteiger partial charge >= 0.3 is 5.97 Å². The minimum atomic E-state index is -4.25. The number of aliphatic carboxylic acids is 1. The summed E-state index contributed by atoms with van der Waals surface area (Å²) in [6.45, 7) is 0. The Hall–Kier alpha value is -2.70. The SMILES string of the molecule is NC(C(=O)NC1C(=O)N2C(C(=O)O)=C(CSc3nnc(CS(=O)(=O)O)s3)CS[C@@H]12)c1ccc(O)cc1. The number of hydrogen-bond acceptors (Lipinski definition) is 12. The molecule has 1 aromatic carbocycles. The maximum atomic E-state index is 12.8. The summed E-state index contributed by atoms with van der Waals surface area (Å²) < 4.78 is 31.3. The Labute approximate surface area is 216 Å². The average molecular weight is 574 g/mol. The average Bonchev–Trinajstić information content (AvgIpc) is 3.25. The van der Waals surface area contributed by atoms with Crippen LogP contribution in [-0.4, -0.2) is 79.0 Å². The summed E-state index contributed by atoms with van der Waals surface area (Å²) in [6, 6.07) is 3.72. The van der Waals surface area contributed by atoms with Gasteiger partial charge < -0.3 is 21.3 Å². The summed E-state index contributed by atoms with van der Waals surface area (Å²) in [4.78, 5) is 38.6. The first-order chi connectivity index (χ1) is 16.9. The molecule has 36 heavy (non-hydrogen) atoms. The molecule has 2 aromatic rings. The van der Waals surface area contributed by atoms with Gasteiger partial charge in [0.15, 0.2) is 4.34 Å². The number of fused-ring (bicyclic) bond motifs is 1. The van der Waals surface area contributed by atoms with E-state index >= 15 is 0 Å². The fourth-order valence-electron chi connectivity index (χ4n) is 3.53. The highest BCUT2D eigenvalue weighted by molar-refractivity contribution is 8.01. The molecule has 1 saturated heterocycles. The lowest BCUT2D eigenvalue weighted by Crippen LogP contribution is -2.71. The van der Waals surface area contributed by atoms with Gasteiger partial charge in [0.05, 0.1) is 0 Å². The third-order valence-corrected chi connectivity index (χ3v) is 9.51. The second-order valence-corrected chi connectivity index (χ2v) is 12.5. The van der Waals surface area contributed by atoms with Gasteiger partial charge in [-0.15, -0.1) is 22.0 Å². The van der Waals surface area contributed by atoms with Crippen LogP contribution in [0.1, 0.15) is 16.6 Å². The summed E-state index contributed by atoms with van der Waals surface area (Å²) in [6.07, 6.45) is 0. The zero-order valence-corrected chi connectivity index (χ0v) is 21.4. The van der Waals surface area contributed by atoms with Crippen molar-refractivity contribution < 1.29 is 37.6 Å². The van der Waals surface area contributed by atoms with Crippen molar-refractivity contribution in [3.8, 4) is 5.75 Å². The maximum absolute atomic E-state index is 12.8. The first-order valence-electron chi connectivity index (χ1n) is 10.1. The molecule has 2 aliphatic rings. The molecule has 2 unspecified atom stereocenters. The van der Waals surface area contributed by atoms with Crippen LogP contribution in [0, 0.1) is 0 Å². The van der Waals surface area contributed by atoms with Crippen LogP contribution in [0.2, 0.25) is 0 Å². The van der Waals surface area contributed by atoms with Crippen LogP contribution in [0.15, 0.2) is 39.9 Å². The van der Waals surface area contributed by atoms with Gasteiger partial charge in [-0.1, -0.05) is 35.2 Å². The predicted molar refractivity (Wildman–Crippen MR) is 131 cm³/mol. The summed E-state index contributed by atoms with van der Waals surface area (Å²) in [7, 11) is -4.25. The molecule has 6 N–H and O–H groups in total. The number of aromatic hydroxyl groups is 1. The second kappa shape index (κ2) is 10.3. The zero-order chi connectivity index (χ0) is 26.2. The number of amides is 2. The molecular weight excluding hydrogens is 555 g/mol. The highest BCUT2D eigenvalue weighted by atomic mass is 32.2. The van der Waals surface area contributed by atoms with Crippen molar-refractivity contribution in [3.05, 3.63) is 46.1 Å². The van der Waals surface area contributed by atoms with Crippen molar-refractivity contribution in [2.75, 3.05) is 11.5 Å². The number of phenols is 1. The van der Waals surface area contributed by atoms with Gasteiger partial charge in [0.2, 0.25) is 5.91 Å². The van der Waals surface area contributed by atoms with E-state index < -0.39 is 51.1 Å². The number of carboxylic acids is 1. The number of carbonyl (C=O) groups excluding carboxylic acids is 2. The van der Waals surface area contributed by atoms with E-state index in [2.05, 4.69) is 15.5 Å². The molecule has 17 heteroatoms. The fourth-order valence-corrected chi connectivity index (χ4v) is 7.76. The van der Waals surface area contributed by atoms with Gasteiger partial charge in [0, 0.05) is 11.5 Å². The number of carbonyl (C=O) groups is 3. The number of nitrogens with one attached hydrogen (secondary N) is 1. The number of hydrogen-bond donors (Lipinski definition) is 5. The van der Waals surface area contributed by atoms with Crippen LogP contribution < -0.4 is 11.1 Å². The lowest BCUT2D eigenvalue weighted by Gasteiger charge is -2.49. The predicted octanol–water partition coefficient (Wildman–Crippen LogP) is 0.162. The smallest absolute Gasteiger partial charge is 0.352 e. The van der Waals surface area contributed by atoms with Crippen LogP contribution in [0.5, 0.6) is 5.75 Å². The number of aromatic nitrogens is 2. The van der Waals surface area contributed by atoms with Crippen LogP contribution >= 0.6 is 34.9 Å². The van der Waals surface area contributed by atoms with E-state index in [0.717, 1.165) is 28.0 Å². The summed E-state index contributed by atoms with van der Waals surface area (Å²) in [5.74, 6) is -2.70. The van der Waals surface area contributed by atoms with Gasteiger partial charge in [-0.3, -0.25) is 19.0 Å². The molecule has 1 fully saturated rings. The summed E-state index contributed by atoms with van der Waals surface area (Å²) >= 11 is 3.37. The van der Waals surface area contributed by atoms with E-state index in [1.54, 1.807) is 0 Å². The Morgan fingerprint density at radius 1 is 1.28 bits per heavy atom. The molecular formula is C19H19N5O8S4. The van der Waals surface area contributed by atoms with E-state index in [1.807, 2.05) is 0 Å². The number of carboxylic acid groups (broad SMARTS) is 1. The lowest BCUT2D eigenvalue weighted by atomic mass is 10.0. The molecule has 0 saturated carbocycles. The number of β-lactam (4-membered cyclic amide) rings is 1. The van der Waals surface area contributed by atoms with Gasteiger partial charge in [-0.2, -0.15) is 8.42 Å². The molecule has 0 spiro atoms. The van der Waals surface area contributed by atoms with Crippen molar-refractivity contribution in [2.24, 2.45) is 5.73 Å². The Morgan fingerprint density at radius 2 is 1.97 bits per heavy atom. The van der Waals surface area contributed by atoms with E-state index in [4.69, 9.17) is 10.3 Å². The van der Waals surface area contributed by atoms with E-state index in [1.165, 1.54) is 36.0 Å². The number of nitrogens with two attached hydrogens (primary N) is 1. The zero-order valence-electron chi connectivity index (χ0n) is 18.1. The molecule has 0 radical (unpaired) electrons. The highest BCUT2D eigenvalue weighted by Gasteiger charge is 2.54. The normalized spacial score (nSPS) is 20.5. The largest absolute Gasteiger partial charge is 0.508 e. The van der Waals surface area contributed by atoms with Crippen molar-refractivity contribution in [1.29, 1.82) is 0 Å². The number of benzene rings is 1. The van der Waals surface area contributed by atoms with Crippen LogP contribution in [0.4, 0.5) is 0 Å². The summed E-state index contributed by atoms with van der Waals surface area (Å²) in [5.41, 5.74) is 6.69. The lowest BCUT2D eigenvalue weighted by molar-refractivity contribution is -0.150. The molecule has 192 valence electrons. The summed E-state index contributed by atoms with van der Waals surface area (Å²) in [5, 5.41) is 28.8. The molecule has 2 aliphatic heterocycles. The Bertz CT molecular complexity index is 1340. The van der Waals surface area contributed by atoms with Crippen molar-refractivity contribution in [1.82, 2.24) is 20.4 Å². The van der Waals surface area contributed by atoms with E-state index in [-0.39, 0.29) is 28.0 Å². The van der Waals surface area contributed by atoms with Gasteiger partial charge in [-0.05, 0) is 23.3 Å². The number of rotatable bonds is 9. The maximum Gasteiger partial charge on any atom is 0.352 e. The van der Waals surface area contributed by atoms with Crippen LogP contribution in [0.3, 0.4) is 0 Å². The molecule has 3 heterocycles. The molecule has 3 atom stereocenters. The molecule has 0 aliphatic carbocycles. The molecule has 2 amide bonds. The minimum Gasteiger partial charge on any atom is -0.508 e. The second-order valence-electron chi connectivity index (χ2n) is 7.70. The monoisotopic (exact) mass is 573 g/mol. The fraction of sp³-hybridized carbons (Fsp3) is 0.316. The standard InChI is InChI=1S/C19H19N5O8S4/c20-12(8-1-3-10(25)4-2-8)15(26)21-13-16(27)24-14(18(28)29)9(5-33-17(13)24)6-34-19-23-22-11(35-19)7-36(30,31)32/h1-4,12-13,17,25H,5-7,20H2,(H,21,26)(H,28,29)(H,30,31,32)/t12?,13?,17-/m0/s1. The Morgan fingerprint density at radius 3 is 2.61 bits per heavy atom. The van der Waals surface area contributed by atoms with Gasteiger partial charge in [-0.25, -0.2) is 4.79 Å². The number of phenolic OH excluding ortho intramolecular Hbond substituents is 1.